The van der Waals surface area contributed by atoms with Gasteiger partial charge in [-0.1, -0.05) is 36.4 Å². The molecule has 0 saturated heterocycles. The van der Waals surface area contributed by atoms with Gasteiger partial charge in [0.15, 0.2) is 0 Å². The lowest BCUT2D eigenvalue weighted by Gasteiger charge is -2.12. The van der Waals surface area contributed by atoms with E-state index >= 15 is 0 Å². The van der Waals surface area contributed by atoms with Crippen molar-refractivity contribution in [2.24, 2.45) is 18.5 Å². The molecule has 8 nitrogen and oxygen atoms in total. The summed E-state index contributed by atoms with van der Waals surface area (Å²) in [6.07, 6.45) is 5.48. The summed E-state index contributed by atoms with van der Waals surface area (Å²) in [4.78, 5) is 31.0. The number of nitrogens with one attached hydrogen (secondary N) is 1. The van der Waals surface area contributed by atoms with Gasteiger partial charge in [-0.3, -0.25) is 19.6 Å². The highest BCUT2D eigenvalue weighted by molar-refractivity contribution is 5.97. The van der Waals surface area contributed by atoms with Crippen LogP contribution in [0.2, 0.25) is 0 Å². The zero-order valence-electron chi connectivity index (χ0n) is 21.9. The van der Waals surface area contributed by atoms with Gasteiger partial charge in [0.05, 0.1) is 11.0 Å². The number of carbonyl (C=O) groups excluding carboxylic acids is 2. The van der Waals surface area contributed by atoms with Crippen LogP contribution < -0.4 is 16.8 Å². The first kappa shape index (κ1) is 26.1. The number of hydrogen-bond acceptors (Lipinski definition) is 5. The number of aromatic nitrogens is 3. The predicted molar refractivity (Wildman–Crippen MR) is 159 cm³/mol. The fourth-order valence-corrected chi connectivity index (χ4v) is 4.49. The first-order valence-electron chi connectivity index (χ1n) is 12.7. The van der Waals surface area contributed by atoms with Crippen molar-refractivity contribution in [3.8, 4) is 11.1 Å². The molecule has 198 valence electrons. The molecule has 0 fully saturated rings. The molecule has 40 heavy (non-hydrogen) atoms. The van der Waals surface area contributed by atoms with Crippen molar-refractivity contribution < 1.29 is 9.59 Å². The Balaban J connectivity index is 0.000000306. The third-order valence-corrected chi connectivity index (χ3v) is 6.54. The van der Waals surface area contributed by atoms with Crippen LogP contribution in [0.4, 0.5) is 5.69 Å². The minimum atomic E-state index is -0.429. The Morgan fingerprint density at radius 2 is 1.55 bits per heavy atom. The van der Waals surface area contributed by atoms with Crippen molar-refractivity contribution in [1.82, 2.24) is 14.5 Å². The lowest BCUT2D eigenvalue weighted by atomic mass is 10.0. The maximum Gasteiger partial charge on any atom is 0.248 e. The van der Waals surface area contributed by atoms with Crippen LogP contribution in [0.15, 0.2) is 110 Å². The summed E-state index contributed by atoms with van der Waals surface area (Å²) in [5, 5.41) is 4.63. The molecule has 8 heteroatoms. The van der Waals surface area contributed by atoms with E-state index in [9.17, 15) is 9.59 Å². The minimum absolute atomic E-state index is 0.379. The van der Waals surface area contributed by atoms with E-state index in [1.54, 1.807) is 48.8 Å². The van der Waals surface area contributed by atoms with Crippen LogP contribution in [-0.2, 0) is 13.6 Å². The lowest BCUT2D eigenvalue weighted by Crippen LogP contribution is -2.11. The number of primary amides is 2. The highest BCUT2D eigenvalue weighted by Gasteiger charge is 2.11. The number of hydrogen-bond donors (Lipinski definition) is 3. The zero-order valence-corrected chi connectivity index (χ0v) is 21.9. The molecule has 0 aliphatic heterocycles. The Morgan fingerprint density at radius 3 is 2.30 bits per heavy atom. The fraction of sp³-hybridized carbons (Fsp3) is 0.0625. The van der Waals surface area contributed by atoms with E-state index in [0.717, 1.165) is 33.4 Å². The molecular formula is C32H28N6O2. The average Bonchev–Trinajstić information content (AvgIpc) is 3.36. The molecule has 0 radical (unpaired) electrons. The van der Waals surface area contributed by atoms with Crippen LogP contribution in [0.3, 0.4) is 0 Å². The van der Waals surface area contributed by atoms with E-state index < -0.39 is 5.91 Å². The molecule has 0 saturated carbocycles. The molecular weight excluding hydrogens is 500 g/mol. The number of benzene rings is 4. The van der Waals surface area contributed by atoms with Crippen LogP contribution >= 0.6 is 0 Å². The van der Waals surface area contributed by atoms with E-state index in [4.69, 9.17) is 11.5 Å². The first-order valence-corrected chi connectivity index (χ1v) is 12.7. The largest absolute Gasteiger partial charge is 0.381 e. The van der Waals surface area contributed by atoms with E-state index in [0.29, 0.717) is 17.7 Å². The number of carbonyl (C=O) groups is 2. The van der Waals surface area contributed by atoms with Crippen molar-refractivity contribution >= 4 is 39.4 Å². The van der Waals surface area contributed by atoms with Crippen molar-refractivity contribution in [3.63, 3.8) is 0 Å². The molecule has 0 bridgehead atoms. The highest BCUT2D eigenvalue weighted by Crippen LogP contribution is 2.32. The zero-order chi connectivity index (χ0) is 28.1. The maximum atomic E-state index is 11.5. The summed E-state index contributed by atoms with van der Waals surface area (Å²) < 4.78 is 2.11. The number of fused-ring (bicyclic) bond motifs is 2. The standard InChI is InChI=1S/C25H21N5O.C7H7NO/c1-30-10-7-18-12-17(5-6-23(18)30)21-13-20(14-22-24(21)28-9-8-27-22)29-15-16-3-2-4-19(11-16)25(26)31;8-7(9)6-4-2-1-3-5-6/h2-14,29H,15H2,1H3,(H2,26,31);1-5H,(H2,8,9). The summed E-state index contributed by atoms with van der Waals surface area (Å²) in [6, 6.07) is 28.7. The van der Waals surface area contributed by atoms with Gasteiger partial charge >= 0.3 is 0 Å². The van der Waals surface area contributed by atoms with Gasteiger partial charge < -0.3 is 21.4 Å². The molecule has 0 spiro atoms. The Bertz CT molecular complexity index is 1830. The number of amides is 2. The molecule has 0 aliphatic carbocycles. The number of nitrogens with zero attached hydrogens (tertiary/aromatic N) is 3. The second-order valence-electron chi connectivity index (χ2n) is 9.30. The molecule has 2 heterocycles. The Kier molecular flexibility index (Phi) is 7.50. The molecule has 4 aromatic carbocycles. The lowest BCUT2D eigenvalue weighted by molar-refractivity contribution is 0.0992. The second-order valence-corrected chi connectivity index (χ2v) is 9.30. The van der Waals surface area contributed by atoms with E-state index in [-0.39, 0.29) is 5.91 Å². The summed E-state index contributed by atoms with van der Waals surface area (Å²) in [7, 11) is 2.04. The van der Waals surface area contributed by atoms with Crippen LogP contribution in [0.25, 0.3) is 33.1 Å². The monoisotopic (exact) mass is 528 g/mol. The number of rotatable bonds is 6. The molecule has 0 atom stereocenters. The Hall–Kier alpha value is -5.50. The van der Waals surface area contributed by atoms with Gasteiger partial charge in [0, 0.05) is 65.5 Å². The smallest absolute Gasteiger partial charge is 0.248 e. The highest BCUT2D eigenvalue weighted by atomic mass is 16.1. The molecule has 0 unspecified atom stereocenters. The predicted octanol–water partition coefficient (Wildman–Crippen LogP) is 5.29. The van der Waals surface area contributed by atoms with Crippen LogP contribution in [0.5, 0.6) is 0 Å². The average molecular weight is 529 g/mol. The Morgan fingerprint density at radius 1 is 0.800 bits per heavy atom. The third kappa shape index (κ3) is 5.81. The number of anilines is 1. The minimum Gasteiger partial charge on any atom is -0.381 e. The normalized spacial score (nSPS) is 10.6. The van der Waals surface area contributed by atoms with Crippen molar-refractivity contribution in [1.29, 1.82) is 0 Å². The molecule has 5 N–H and O–H groups in total. The molecule has 6 rings (SSSR count). The first-order chi connectivity index (χ1) is 19.4. The summed E-state index contributed by atoms with van der Waals surface area (Å²) >= 11 is 0. The Labute approximate surface area is 231 Å². The summed E-state index contributed by atoms with van der Waals surface area (Å²) in [6.45, 7) is 0.560. The molecule has 2 amide bonds. The van der Waals surface area contributed by atoms with Gasteiger partial charge in [-0.05, 0) is 65.7 Å². The van der Waals surface area contributed by atoms with Gasteiger partial charge in [-0.25, -0.2) is 0 Å². The van der Waals surface area contributed by atoms with Crippen molar-refractivity contribution in [2.45, 2.75) is 6.54 Å². The summed E-state index contributed by atoms with van der Waals surface area (Å²) in [5.74, 6) is -0.808. The quantitative estimate of drug-likeness (QED) is 0.271. The van der Waals surface area contributed by atoms with E-state index in [1.807, 2.05) is 31.3 Å². The van der Waals surface area contributed by atoms with Gasteiger partial charge in [0.2, 0.25) is 11.8 Å². The fourth-order valence-electron chi connectivity index (χ4n) is 4.49. The van der Waals surface area contributed by atoms with Crippen LogP contribution in [0.1, 0.15) is 26.3 Å². The number of nitrogens with two attached hydrogens (primary N) is 2. The van der Waals surface area contributed by atoms with Gasteiger partial charge in [0.1, 0.15) is 0 Å². The summed E-state index contributed by atoms with van der Waals surface area (Å²) in [5.41, 5.74) is 18.3. The van der Waals surface area contributed by atoms with Gasteiger partial charge in [-0.2, -0.15) is 0 Å². The van der Waals surface area contributed by atoms with Crippen LogP contribution in [0, 0.1) is 0 Å². The maximum absolute atomic E-state index is 11.5. The van der Waals surface area contributed by atoms with E-state index in [1.165, 1.54) is 10.9 Å². The van der Waals surface area contributed by atoms with E-state index in [2.05, 4.69) is 56.4 Å². The molecule has 0 aliphatic rings. The third-order valence-electron chi connectivity index (χ3n) is 6.54. The van der Waals surface area contributed by atoms with Gasteiger partial charge in [0.25, 0.3) is 0 Å². The second kappa shape index (κ2) is 11.5. The molecule has 2 aromatic heterocycles. The topological polar surface area (TPSA) is 129 Å². The van der Waals surface area contributed by atoms with Crippen molar-refractivity contribution in [2.75, 3.05) is 5.32 Å². The van der Waals surface area contributed by atoms with Gasteiger partial charge in [-0.15, -0.1) is 0 Å². The van der Waals surface area contributed by atoms with Crippen molar-refractivity contribution in [3.05, 3.63) is 126 Å². The SMILES string of the molecule is Cn1ccc2cc(-c3cc(NCc4cccc(C(N)=O)c4)cc4nccnc34)ccc21.NC(=O)c1ccccc1. The molecule has 6 aromatic rings. The number of aryl methyl sites for hydroxylation is 1. The van der Waals surface area contributed by atoms with Crippen LogP contribution in [-0.4, -0.2) is 26.3 Å².